The maximum Gasteiger partial charge on any atom is 0.142 e. The van der Waals surface area contributed by atoms with Crippen LogP contribution in [0.25, 0.3) is 143 Å². The van der Waals surface area contributed by atoms with Gasteiger partial charge in [-0.25, -0.2) is 0 Å². The molecule has 0 amide bonds. The lowest BCUT2D eigenvalue weighted by atomic mass is 9.84. The van der Waals surface area contributed by atoms with Crippen molar-refractivity contribution >= 4 is 87.3 Å². The third-order valence-electron chi connectivity index (χ3n) is 15.3. The van der Waals surface area contributed by atoms with Gasteiger partial charge >= 0.3 is 0 Å². The van der Waals surface area contributed by atoms with E-state index in [1.165, 1.54) is 104 Å². The molecule has 0 bridgehead atoms. The number of rotatable bonds is 8. The van der Waals surface area contributed by atoms with Crippen LogP contribution >= 0.6 is 0 Å². The highest BCUT2D eigenvalue weighted by atomic mass is 16.3. The molecule has 0 saturated heterocycles. The Balaban J connectivity index is 0.892. The zero-order valence-electron chi connectivity index (χ0n) is 40.9. The van der Waals surface area contributed by atoms with Gasteiger partial charge in [-0.2, -0.15) is 0 Å². The third kappa shape index (κ3) is 6.93. The summed E-state index contributed by atoms with van der Waals surface area (Å²) in [5, 5.41) is 15.5. The van der Waals surface area contributed by atoms with Crippen molar-refractivity contribution in [3.63, 3.8) is 0 Å². The van der Waals surface area contributed by atoms with Crippen molar-refractivity contribution in [3.05, 3.63) is 278 Å². The Bertz CT molecular complexity index is 4480. The van der Waals surface area contributed by atoms with Gasteiger partial charge < -0.3 is 4.42 Å². The Labute approximate surface area is 430 Å². The van der Waals surface area contributed by atoms with Gasteiger partial charge in [-0.1, -0.05) is 255 Å². The summed E-state index contributed by atoms with van der Waals surface area (Å²) < 4.78 is 7.02. The summed E-state index contributed by atoms with van der Waals surface area (Å²) >= 11 is 0. The highest BCUT2D eigenvalue weighted by molar-refractivity contribution is 6.23. The van der Waals surface area contributed by atoms with Gasteiger partial charge in [0.15, 0.2) is 0 Å². The van der Waals surface area contributed by atoms with E-state index < -0.39 is 0 Å². The van der Waals surface area contributed by atoms with Gasteiger partial charge in [0.05, 0.1) is 0 Å². The monoisotopic (exact) mass is 940 g/mol. The predicted molar refractivity (Wildman–Crippen MR) is 318 cm³/mol. The number of furan rings is 1. The van der Waals surface area contributed by atoms with Crippen LogP contribution in [0.1, 0.15) is 23.8 Å². The Morgan fingerprint density at radius 1 is 0.338 bits per heavy atom. The van der Waals surface area contributed by atoms with Gasteiger partial charge in [0.25, 0.3) is 0 Å². The molecule has 74 heavy (non-hydrogen) atoms. The molecule has 1 aromatic heterocycles. The van der Waals surface area contributed by atoms with Crippen molar-refractivity contribution in [2.75, 3.05) is 0 Å². The third-order valence-corrected chi connectivity index (χ3v) is 15.3. The lowest BCUT2D eigenvalue weighted by molar-refractivity contribution is 0.600. The zero-order chi connectivity index (χ0) is 49.3. The van der Waals surface area contributed by atoms with E-state index in [1.54, 1.807) is 0 Å². The molecule has 0 spiro atoms. The molecule has 0 unspecified atom stereocenters. The molecular formula is C73H48O. The molecular weight excluding hydrogens is 893 g/mol. The number of allylic oxidation sites excluding steroid dienone is 1. The van der Waals surface area contributed by atoms with E-state index in [0.717, 1.165) is 49.8 Å². The smallest absolute Gasteiger partial charge is 0.142 e. The second-order valence-electron chi connectivity index (χ2n) is 19.4. The number of hydrogen-bond donors (Lipinski definition) is 0. The molecule has 1 heteroatoms. The van der Waals surface area contributed by atoms with Crippen molar-refractivity contribution < 1.29 is 4.42 Å². The summed E-state index contributed by atoms with van der Waals surface area (Å²) in [7, 11) is 0. The minimum Gasteiger partial charge on any atom is -0.455 e. The fourth-order valence-corrected chi connectivity index (χ4v) is 12.0. The van der Waals surface area contributed by atoms with E-state index >= 15 is 0 Å². The maximum atomic E-state index is 7.02. The molecule has 0 aliphatic rings. The molecule has 0 aliphatic carbocycles. The summed E-state index contributed by atoms with van der Waals surface area (Å²) in [5.41, 5.74) is 15.8. The molecule has 1 nitrogen and oxygen atoms in total. The molecule has 13 aromatic carbocycles. The molecule has 1 heterocycles. The van der Waals surface area contributed by atoms with Crippen molar-refractivity contribution in [2.45, 2.75) is 6.92 Å². The van der Waals surface area contributed by atoms with Crippen LogP contribution in [0.15, 0.2) is 266 Å². The lowest BCUT2D eigenvalue weighted by Crippen LogP contribution is -1.95. The van der Waals surface area contributed by atoms with E-state index in [2.05, 4.69) is 268 Å². The summed E-state index contributed by atoms with van der Waals surface area (Å²) in [6, 6.07) is 90.7. The predicted octanol–water partition coefficient (Wildman–Crippen LogP) is 20.8. The molecule has 0 fully saturated rings. The first-order valence-corrected chi connectivity index (χ1v) is 25.5. The molecule has 0 N–H and O–H groups in total. The van der Waals surface area contributed by atoms with Crippen LogP contribution in [0.5, 0.6) is 0 Å². The molecule has 346 valence electrons. The van der Waals surface area contributed by atoms with E-state index in [0.29, 0.717) is 0 Å². The normalized spacial score (nSPS) is 11.9. The maximum absolute atomic E-state index is 7.02. The molecule has 0 radical (unpaired) electrons. The van der Waals surface area contributed by atoms with Crippen molar-refractivity contribution in [3.8, 4) is 55.6 Å². The van der Waals surface area contributed by atoms with Crippen LogP contribution in [0.2, 0.25) is 0 Å². The first-order chi connectivity index (χ1) is 36.6. The minimum absolute atomic E-state index is 0.773. The number of hydrogen-bond acceptors (Lipinski definition) is 1. The number of fused-ring (bicyclic) bond motifs is 7. The van der Waals surface area contributed by atoms with Gasteiger partial charge in [0, 0.05) is 22.1 Å². The second kappa shape index (κ2) is 17.6. The van der Waals surface area contributed by atoms with E-state index in [4.69, 9.17) is 11.0 Å². The number of benzene rings is 13. The summed E-state index contributed by atoms with van der Waals surface area (Å²) in [6.45, 7) is 6.99. The second-order valence-corrected chi connectivity index (χ2v) is 19.4. The Morgan fingerprint density at radius 2 is 0.689 bits per heavy atom. The highest BCUT2D eigenvalue weighted by Gasteiger charge is 2.24. The average molecular weight is 941 g/mol. The summed E-state index contributed by atoms with van der Waals surface area (Å²) in [6.07, 6.45) is 4.30. The molecule has 14 rings (SSSR count). The van der Waals surface area contributed by atoms with Crippen LogP contribution in [0, 0.1) is 0 Å². The van der Waals surface area contributed by atoms with Crippen LogP contribution in [0.4, 0.5) is 0 Å². The van der Waals surface area contributed by atoms with Gasteiger partial charge in [0.1, 0.15) is 11.3 Å². The Morgan fingerprint density at radius 3 is 1.14 bits per heavy atom. The quantitative estimate of drug-likeness (QED) is 0.138. The largest absolute Gasteiger partial charge is 0.455 e. The Kier molecular flexibility index (Phi) is 10.3. The average Bonchev–Trinajstić information content (AvgIpc) is 3.83. The topological polar surface area (TPSA) is 13.1 Å². The van der Waals surface area contributed by atoms with E-state index in [-0.39, 0.29) is 0 Å². The van der Waals surface area contributed by atoms with Crippen molar-refractivity contribution in [1.82, 2.24) is 0 Å². The minimum atomic E-state index is 0.773. The molecule has 0 aliphatic heterocycles. The van der Waals surface area contributed by atoms with Gasteiger partial charge in [-0.05, 0) is 139 Å². The molecule has 0 atom stereocenters. The summed E-state index contributed by atoms with van der Waals surface area (Å²) in [4.78, 5) is 0. The van der Waals surface area contributed by atoms with Crippen molar-refractivity contribution in [1.29, 1.82) is 0 Å². The fraction of sp³-hybridized carbons (Fsp3) is 0.0137. The van der Waals surface area contributed by atoms with Crippen LogP contribution in [-0.2, 0) is 0 Å². The van der Waals surface area contributed by atoms with Crippen LogP contribution < -0.4 is 0 Å². The molecule has 14 aromatic rings. The van der Waals surface area contributed by atoms with Crippen LogP contribution in [-0.4, -0.2) is 0 Å². The Hall–Kier alpha value is -9.56. The SMILES string of the molecule is C=C(c1oc2ccc(-c3c4ccccc4c(-c4ccc(-c5cccc6ccccc56)cc4)c4ccccc34)cc2c1/C=C\C)c1c2ccccc2c(-c2ccc(-c3cccc4ccccc34)cc2)c2ccccc12. The standard InChI is InChI=1S/C73H48O/c1-3-18-66-67-45-53(72-64-31-14-12-29-62(64)71(63-30-13-15-32-65(63)72)52-41-37-50(38-42-52)57-34-17-22-48-20-5-7-24-55(48)57)43-44-68(67)74-73(66)46(2)69-58-25-8-10-27-60(58)70(61-28-11-9-26-59(61)69)51-39-35-49(36-40-51)56-33-16-21-47-19-4-6-23-54(47)56/h3-45H,2H2,1H3/b18-3-. The zero-order valence-corrected chi connectivity index (χ0v) is 40.9. The fourth-order valence-electron chi connectivity index (χ4n) is 12.0. The van der Waals surface area contributed by atoms with E-state index in [1.807, 2.05) is 0 Å². The highest BCUT2D eigenvalue weighted by Crippen LogP contribution is 2.48. The van der Waals surface area contributed by atoms with Crippen molar-refractivity contribution in [2.24, 2.45) is 0 Å². The van der Waals surface area contributed by atoms with E-state index in [9.17, 15) is 0 Å². The first-order valence-electron chi connectivity index (χ1n) is 25.5. The first kappa shape index (κ1) is 43.2. The van der Waals surface area contributed by atoms with Gasteiger partial charge in [-0.15, -0.1) is 0 Å². The van der Waals surface area contributed by atoms with Crippen LogP contribution in [0.3, 0.4) is 0 Å². The summed E-state index contributed by atoms with van der Waals surface area (Å²) in [5.74, 6) is 0.773. The van der Waals surface area contributed by atoms with Gasteiger partial charge in [-0.3, -0.25) is 0 Å². The lowest BCUT2D eigenvalue weighted by Gasteiger charge is -2.18. The van der Waals surface area contributed by atoms with Gasteiger partial charge in [0.2, 0.25) is 0 Å². The molecule has 0 saturated carbocycles.